The van der Waals surface area contributed by atoms with Crippen LogP contribution in [0.25, 0.3) is 20.7 Å². The molecule has 4 heterocycles. The molecule has 142 valence electrons. The molecule has 0 saturated carbocycles. The first-order chi connectivity index (χ1) is 13.6. The molecule has 28 heavy (non-hydrogen) atoms. The van der Waals surface area contributed by atoms with E-state index in [1.807, 2.05) is 17.5 Å². The highest BCUT2D eigenvalue weighted by Crippen LogP contribution is 2.35. The Kier molecular flexibility index (Phi) is 4.47. The second kappa shape index (κ2) is 7.00. The van der Waals surface area contributed by atoms with Gasteiger partial charge in [-0.1, -0.05) is 11.6 Å². The molecular formula is C20H15ClN2O3S2. The quantitative estimate of drug-likeness (QED) is 0.455. The van der Waals surface area contributed by atoms with Gasteiger partial charge in [-0.15, -0.1) is 22.7 Å². The highest BCUT2D eigenvalue weighted by Gasteiger charge is 2.19. The van der Waals surface area contributed by atoms with E-state index in [2.05, 4.69) is 24.0 Å². The van der Waals surface area contributed by atoms with Crippen LogP contribution in [-0.4, -0.2) is 16.3 Å². The van der Waals surface area contributed by atoms with E-state index in [1.165, 1.54) is 16.2 Å². The lowest BCUT2D eigenvalue weighted by Gasteiger charge is -2.21. The van der Waals surface area contributed by atoms with E-state index in [0.29, 0.717) is 23.6 Å². The minimum absolute atomic E-state index is 0.0620. The summed E-state index contributed by atoms with van der Waals surface area (Å²) in [4.78, 5) is 20.8. The van der Waals surface area contributed by atoms with Crippen molar-refractivity contribution in [3.05, 3.63) is 67.4 Å². The third kappa shape index (κ3) is 3.04. The van der Waals surface area contributed by atoms with Crippen molar-refractivity contribution in [1.82, 2.24) is 9.55 Å². The van der Waals surface area contributed by atoms with Gasteiger partial charge in [0, 0.05) is 36.8 Å². The summed E-state index contributed by atoms with van der Waals surface area (Å²) in [6.07, 6.45) is 1.59. The molecule has 5 rings (SSSR count). The summed E-state index contributed by atoms with van der Waals surface area (Å²) in [6, 6.07) is 7.79. The van der Waals surface area contributed by atoms with Gasteiger partial charge >= 0.3 is 0 Å². The van der Waals surface area contributed by atoms with E-state index in [9.17, 15) is 4.79 Å². The Morgan fingerprint density at radius 2 is 2.21 bits per heavy atom. The largest absolute Gasteiger partial charge is 0.467 e. The molecule has 0 saturated heterocycles. The molecule has 1 aliphatic rings. The number of hydrogen-bond donors (Lipinski definition) is 0. The highest BCUT2D eigenvalue weighted by atomic mass is 35.5. The zero-order chi connectivity index (χ0) is 19.3. The molecule has 0 amide bonds. The number of benzene rings is 1. The SMILES string of the molecule is Cc1ccc(-c2csc3ncn(Cc4cc(Cl)cc5c4OCOC5)c(=O)c23)s1. The molecule has 0 N–H and O–H groups in total. The Bertz CT molecular complexity index is 1260. The highest BCUT2D eigenvalue weighted by molar-refractivity contribution is 7.19. The lowest BCUT2D eigenvalue weighted by Crippen LogP contribution is -2.22. The minimum Gasteiger partial charge on any atom is -0.467 e. The van der Waals surface area contributed by atoms with Gasteiger partial charge in [-0.3, -0.25) is 9.36 Å². The van der Waals surface area contributed by atoms with E-state index in [0.717, 1.165) is 32.1 Å². The Morgan fingerprint density at radius 3 is 3.04 bits per heavy atom. The average molecular weight is 431 g/mol. The fraction of sp³-hybridized carbons (Fsp3) is 0.200. The van der Waals surface area contributed by atoms with Crippen LogP contribution in [-0.2, 0) is 17.9 Å². The van der Waals surface area contributed by atoms with Crippen LogP contribution in [0.1, 0.15) is 16.0 Å². The monoisotopic (exact) mass is 430 g/mol. The van der Waals surface area contributed by atoms with Gasteiger partial charge in [0.25, 0.3) is 5.56 Å². The van der Waals surface area contributed by atoms with E-state index < -0.39 is 0 Å². The molecule has 4 aromatic rings. The average Bonchev–Trinajstić information content (AvgIpc) is 3.30. The van der Waals surface area contributed by atoms with Crippen molar-refractivity contribution in [2.75, 3.05) is 6.79 Å². The first kappa shape index (κ1) is 17.9. The van der Waals surface area contributed by atoms with Gasteiger partial charge in [0.1, 0.15) is 10.6 Å². The van der Waals surface area contributed by atoms with Gasteiger partial charge in [0.2, 0.25) is 0 Å². The molecule has 1 aromatic carbocycles. The maximum atomic E-state index is 13.3. The molecule has 0 radical (unpaired) electrons. The number of hydrogen-bond acceptors (Lipinski definition) is 6. The molecule has 0 atom stereocenters. The van der Waals surface area contributed by atoms with Crippen molar-refractivity contribution >= 4 is 44.5 Å². The Labute approximate surface area is 173 Å². The molecular weight excluding hydrogens is 416 g/mol. The summed E-state index contributed by atoms with van der Waals surface area (Å²) in [5.41, 5.74) is 2.62. The second-order valence-corrected chi connectivity index (χ2v) is 9.16. The number of aromatic nitrogens is 2. The minimum atomic E-state index is -0.0620. The van der Waals surface area contributed by atoms with Crippen molar-refractivity contribution in [3.8, 4) is 16.2 Å². The molecule has 3 aromatic heterocycles. The second-order valence-electron chi connectivity index (χ2n) is 6.58. The van der Waals surface area contributed by atoms with Gasteiger partial charge < -0.3 is 9.47 Å². The number of rotatable bonds is 3. The summed E-state index contributed by atoms with van der Waals surface area (Å²) in [7, 11) is 0. The number of fused-ring (bicyclic) bond motifs is 2. The zero-order valence-electron chi connectivity index (χ0n) is 14.9. The first-order valence-corrected chi connectivity index (χ1v) is 10.7. The predicted molar refractivity (Wildman–Crippen MR) is 113 cm³/mol. The summed E-state index contributed by atoms with van der Waals surface area (Å²) in [5.74, 6) is 0.738. The molecule has 0 bridgehead atoms. The van der Waals surface area contributed by atoms with Crippen LogP contribution < -0.4 is 10.3 Å². The van der Waals surface area contributed by atoms with Gasteiger partial charge in [0.05, 0.1) is 24.9 Å². The molecule has 0 unspecified atom stereocenters. The van der Waals surface area contributed by atoms with Crippen LogP contribution in [0.15, 0.2) is 40.8 Å². The number of halogens is 1. The maximum Gasteiger partial charge on any atom is 0.263 e. The molecule has 0 aliphatic carbocycles. The van der Waals surface area contributed by atoms with Crippen molar-refractivity contribution in [3.63, 3.8) is 0 Å². The third-order valence-corrected chi connectivity index (χ3v) is 6.80. The third-order valence-electron chi connectivity index (χ3n) is 4.66. The molecule has 1 aliphatic heterocycles. The van der Waals surface area contributed by atoms with Crippen molar-refractivity contribution in [1.29, 1.82) is 0 Å². The van der Waals surface area contributed by atoms with Crippen LogP contribution >= 0.6 is 34.3 Å². The summed E-state index contributed by atoms with van der Waals surface area (Å²) in [5, 5.41) is 3.26. The Morgan fingerprint density at radius 1 is 1.32 bits per heavy atom. The van der Waals surface area contributed by atoms with E-state index in [1.54, 1.807) is 22.2 Å². The molecule has 8 heteroatoms. The standard InChI is InChI=1S/C20H15ClN2O3S2/c1-11-2-3-16(28-11)15-8-27-19-17(15)20(24)23(9-22-19)6-12-4-14(21)5-13-7-25-10-26-18(12)13/h2-5,8-9H,6-7,10H2,1H3. The van der Waals surface area contributed by atoms with Crippen LogP contribution in [0.4, 0.5) is 0 Å². The summed E-state index contributed by atoms with van der Waals surface area (Å²) < 4.78 is 12.6. The predicted octanol–water partition coefficient (Wildman–Crippen LogP) is 5.06. The van der Waals surface area contributed by atoms with E-state index in [4.69, 9.17) is 21.1 Å². The van der Waals surface area contributed by atoms with Gasteiger partial charge in [0.15, 0.2) is 6.79 Å². The Balaban J connectivity index is 1.62. The van der Waals surface area contributed by atoms with Crippen molar-refractivity contribution in [2.45, 2.75) is 20.1 Å². The number of aryl methyl sites for hydroxylation is 1. The van der Waals surface area contributed by atoms with Gasteiger partial charge in [-0.25, -0.2) is 4.98 Å². The van der Waals surface area contributed by atoms with Gasteiger partial charge in [-0.2, -0.15) is 0 Å². The first-order valence-electron chi connectivity index (χ1n) is 8.65. The van der Waals surface area contributed by atoms with Crippen LogP contribution in [0, 0.1) is 6.92 Å². The van der Waals surface area contributed by atoms with Crippen LogP contribution in [0.5, 0.6) is 5.75 Å². The maximum absolute atomic E-state index is 13.3. The van der Waals surface area contributed by atoms with Gasteiger partial charge in [-0.05, 0) is 31.2 Å². The number of thiophene rings is 2. The van der Waals surface area contributed by atoms with Crippen LogP contribution in [0.3, 0.4) is 0 Å². The topological polar surface area (TPSA) is 53.4 Å². The van der Waals surface area contributed by atoms with E-state index >= 15 is 0 Å². The summed E-state index contributed by atoms with van der Waals surface area (Å²) in [6.45, 7) is 3.04. The molecule has 5 nitrogen and oxygen atoms in total. The normalized spacial score (nSPS) is 13.5. The lowest BCUT2D eigenvalue weighted by atomic mass is 10.1. The zero-order valence-corrected chi connectivity index (χ0v) is 17.3. The van der Waals surface area contributed by atoms with Crippen molar-refractivity contribution in [2.24, 2.45) is 0 Å². The van der Waals surface area contributed by atoms with Crippen molar-refractivity contribution < 1.29 is 9.47 Å². The fourth-order valence-electron chi connectivity index (χ4n) is 3.40. The van der Waals surface area contributed by atoms with Crippen LogP contribution in [0.2, 0.25) is 5.02 Å². The Hall–Kier alpha value is -2.19. The molecule has 0 spiro atoms. The van der Waals surface area contributed by atoms with E-state index in [-0.39, 0.29) is 12.4 Å². The number of nitrogens with zero attached hydrogens (tertiary/aromatic N) is 2. The fourth-order valence-corrected chi connectivity index (χ4v) is 5.52. The summed E-state index contributed by atoms with van der Waals surface area (Å²) >= 11 is 9.43. The smallest absolute Gasteiger partial charge is 0.263 e. The molecule has 0 fully saturated rings. The lowest BCUT2D eigenvalue weighted by molar-refractivity contribution is -0.0170. The number of ether oxygens (including phenoxy) is 2.